The van der Waals surface area contributed by atoms with E-state index in [1.54, 1.807) is 19.3 Å². The standard InChI is InChI=1S/C12H16N6O/c1-3-5-13-9-4-6-14-10(7-9)11(19)17-12-15-8-16-18(12)2/h4,6-8H,3,5H2,1-2H3,(H,13,14)(H,15,16,17,19). The molecule has 2 heterocycles. The molecule has 0 radical (unpaired) electrons. The molecule has 0 aliphatic rings. The van der Waals surface area contributed by atoms with Crippen molar-refractivity contribution in [3.05, 3.63) is 30.4 Å². The van der Waals surface area contributed by atoms with E-state index in [0.717, 1.165) is 18.7 Å². The molecule has 0 fully saturated rings. The summed E-state index contributed by atoms with van der Waals surface area (Å²) in [7, 11) is 1.70. The number of pyridine rings is 1. The molecule has 2 aromatic heterocycles. The molecule has 2 N–H and O–H groups in total. The Morgan fingerprint density at radius 2 is 2.26 bits per heavy atom. The first-order valence-electron chi connectivity index (χ1n) is 6.06. The van der Waals surface area contributed by atoms with E-state index in [4.69, 9.17) is 0 Å². The fraction of sp³-hybridized carbons (Fsp3) is 0.333. The molecule has 2 aromatic rings. The van der Waals surface area contributed by atoms with Crippen molar-refractivity contribution in [2.45, 2.75) is 13.3 Å². The minimum Gasteiger partial charge on any atom is -0.385 e. The van der Waals surface area contributed by atoms with E-state index in [1.165, 1.54) is 11.0 Å². The highest BCUT2D eigenvalue weighted by molar-refractivity contribution is 6.02. The number of carbonyl (C=O) groups excluding carboxylic acids is 1. The quantitative estimate of drug-likeness (QED) is 0.846. The van der Waals surface area contributed by atoms with Gasteiger partial charge >= 0.3 is 0 Å². The smallest absolute Gasteiger partial charge is 0.276 e. The van der Waals surface area contributed by atoms with Crippen LogP contribution in [0.2, 0.25) is 0 Å². The second-order valence-electron chi connectivity index (χ2n) is 4.02. The number of amides is 1. The summed E-state index contributed by atoms with van der Waals surface area (Å²) in [6.07, 6.45) is 3.99. The molecule has 0 saturated heterocycles. The monoisotopic (exact) mass is 260 g/mol. The first-order chi connectivity index (χ1) is 9.20. The second kappa shape index (κ2) is 5.94. The highest BCUT2D eigenvalue weighted by Crippen LogP contribution is 2.09. The van der Waals surface area contributed by atoms with E-state index in [9.17, 15) is 4.79 Å². The minimum absolute atomic E-state index is 0.309. The second-order valence-corrected chi connectivity index (χ2v) is 4.02. The van der Waals surface area contributed by atoms with Crippen LogP contribution in [-0.4, -0.2) is 32.2 Å². The van der Waals surface area contributed by atoms with Gasteiger partial charge in [0.05, 0.1) is 0 Å². The SMILES string of the molecule is CCCNc1ccnc(C(=O)Nc2ncnn2C)c1. The minimum atomic E-state index is -0.309. The van der Waals surface area contributed by atoms with Crippen molar-refractivity contribution in [1.29, 1.82) is 0 Å². The maximum Gasteiger partial charge on any atom is 0.276 e. The van der Waals surface area contributed by atoms with Crippen LogP contribution in [0.4, 0.5) is 11.6 Å². The van der Waals surface area contributed by atoms with Gasteiger partial charge in [-0.05, 0) is 18.6 Å². The Hall–Kier alpha value is -2.44. The number of hydrogen-bond acceptors (Lipinski definition) is 5. The third-order valence-corrected chi connectivity index (χ3v) is 2.51. The van der Waals surface area contributed by atoms with Crippen molar-refractivity contribution >= 4 is 17.5 Å². The lowest BCUT2D eigenvalue weighted by Crippen LogP contribution is -2.17. The van der Waals surface area contributed by atoms with Crippen LogP contribution in [0.25, 0.3) is 0 Å². The van der Waals surface area contributed by atoms with Crippen LogP contribution in [0, 0.1) is 0 Å². The van der Waals surface area contributed by atoms with E-state index in [1.807, 2.05) is 6.07 Å². The molecule has 1 amide bonds. The molecule has 19 heavy (non-hydrogen) atoms. The van der Waals surface area contributed by atoms with Gasteiger partial charge in [-0.1, -0.05) is 6.92 Å². The third-order valence-electron chi connectivity index (χ3n) is 2.51. The third kappa shape index (κ3) is 3.27. The number of nitrogens with one attached hydrogen (secondary N) is 2. The van der Waals surface area contributed by atoms with Gasteiger partial charge in [0.1, 0.15) is 12.0 Å². The average molecular weight is 260 g/mol. The molecule has 0 unspecified atom stereocenters. The van der Waals surface area contributed by atoms with Crippen molar-refractivity contribution in [1.82, 2.24) is 19.7 Å². The van der Waals surface area contributed by atoms with Gasteiger partial charge < -0.3 is 5.32 Å². The number of anilines is 2. The van der Waals surface area contributed by atoms with Gasteiger partial charge in [0.25, 0.3) is 5.91 Å². The zero-order valence-electron chi connectivity index (χ0n) is 10.9. The van der Waals surface area contributed by atoms with Crippen molar-refractivity contribution in [2.75, 3.05) is 17.2 Å². The lowest BCUT2D eigenvalue weighted by molar-refractivity contribution is 0.102. The molecule has 2 rings (SSSR count). The summed E-state index contributed by atoms with van der Waals surface area (Å²) in [6.45, 7) is 2.93. The van der Waals surface area contributed by atoms with E-state index in [0.29, 0.717) is 11.6 Å². The van der Waals surface area contributed by atoms with Gasteiger partial charge in [-0.15, -0.1) is 0 Å². The van der Waals surface area contributed by atoms with Crippen LogP contribution in [0.1, 0.15) is 23.8 Å². The lowest BCUT2D eigenvalue weighted by atomic mass is 10.3. The first kappa shape index (κ1) is 13.0. The van der Waals surface area contributed by atoms with Crippen LogP contribution in [0.15, 0.2) is 24.7 Å². The largest absolute Gasteiger partial charge is 0.385 e. The molecule has 100 valence electrons. The molecule has 7 nitrogen and oxygen atoms in total. The fourth-order valence-electron chi connectivity index (χ4n) is 1.51. The Balaban J connectivity index is 2.08. The average Bonchev–Trinajstić information content (AvgIpc) is 2.82. The fourth-order valence-corrected chi connectivity index (χ4v) is 1.51. The van der Waals surface area contributed by atoms with Gasteiger partial charge in [0.2, 0.25) is 5.95 Å². The molecule has 0 saturated carbocycles. The van der Waals surface area contributed by atoms with Crippen LogP contribution in [0.5, 0.6) is 0 Å². The predicted octanol–water partition coefficient (Wildman–Crippen LogP) is 1.28. The van der Waals surface area contributed by atoms with Crippen LogP contribution in [0.3, 0.4) is 0 Å². The van der Waals surface area contributed by atoms with Gasteiger partial charge in [0.15, 0.2) is 0 Å². The topological polar surface area (TPSA) is 84.7 Å². The molecule has 0 bridgehead atoms. The zero-order chi connectivity index (χ0) is 13.7. The van der Waals surface area contributed by atoms with Gasteiger partial charge in [-0.2, -0.15) is 10.1 Å². The molecule has 0 aromatic carbocycles. The van der Waals surface area contributed by atoms with Crippen LogP contribution in [-0.2, 0) is 7.05 Å². The number of aromatic nitrogens is 4. The highest BCUT2D eigenvalue weighted by Gasteiger charge is 2.11. The van der Waals surface area contributed by atoms with Gasteiger partial charge in [-0.3, -0.25) is 15.1 Å². The predicted molar refractivity (Wildman–Crippen MR) is 72.0 cm³/mol. The van der Waals surface area contributed by atoms with Crippen LogP contribution >= 0.6 is 0 Å². The van der Waals surface area contributed by atoms with E-state index < -0.39 is 0 Å². The summed E-state index contributed by atoms with van der Waals surface area (Å²) in [5.41, 5.74) is 1.21. The normalized spacial score (nSPS) is 10.2. The zero-order valence-corrected chi connectivity index (χ0v) is 10.9. The van der Waals surface area contributed by atoms with E-state index in [-0.39, 0.29) is 5.91 Å². The Labute approximate surface area is 111 Å². The van der Waals surface area contributed by atoms with Crippen molar-refractivity contribution in [2.24, 2.45) is 7.05 Å². The molecule has 0 aliphatic carbocycles. The Morgan fingerprint density at radius 1 is 1.42 bits per heavy atom. The summed E-state index contributed by atoms with van der Waals surface area (Å²) in [6, 6.07) is 3.54. The van der Waals surface area contributed by atoms with Crippen molar-refractivity contribution in [3.63, 3.8) is 0 Å². The molecule has 0 spiro atoms. The molecule has 7 heteroatoms. The summed E-state index contributed by atoms with van der Waals surface area (Å²) in [5, 5.41) is 9.74. The summed E-state index contributed by atoms with van der Waals surface area (Å²) in [5.74, 6) is 0.0787. The van der Waals surface area contributed by atoms with E-state index in [2.05, 4.69) is 32.6 Å². The molecule has 0 aliphatic heterocycles. The number of rotatable bonds is 5. The maximum atomic E-state index is 12.0. The number of carbonyl (C=O) groups is 1. The number of hydrogen-bond donors (Lipinski definition) is 2. The molecular weight excluding hydrogens is 244 g/mol. The summed E-state index contributed by atoms with van der Waals surface area (Å²) in [4.78, 5) is 20.0. The van der Waals surface area contributed by atoms with E-state index >= 15 is 0 Å². The Morgan fingerprint density at radius 3 is 2.95 bits per heavy atom. The lowest BCUT2D eigenvalue weighted by Gasteiger charge is -2.07. The molecule has 0 atom stereocenters. The Kier molecular flexibility index (Phi) is 4.07. The first-order valence-corrected chi connectivity index (χ1v) is 6.06. The highest BCUT2D eigenvalue weighted by atomic mass is 16.2. The molecular formula is C12H16N6O. The summed E-state index contributed by atoms with van der Waals surface area (Å²) < 4.78 is 1.48. The Bertz CT molecular complexity index is 565. The van der Waals surface area contributed by atoms with Crippen LogP contribution < -0.4 is 10.6 Å². The number of nitrogens with zero attached hydrogens (tertiary/aromatic N) is 4. The number of aryl methyl sites for hydroxylation is 1. The van der Waals surface area contributed by atoms with Crippen molar-refractivity contribution in [3.8, 4) is 0 Å². The van der Waals surface area contributed by atoms with Gasteiger partial charge in [0, 0.05) is 25.5 Å². The van der Waals surface area contributed by atoms with Gasteiger partial charge in [-0.25, -0.2) is 4.68 Å². The summed E-state index contributed by atoms with van der Waals surface area (Å²) >= 11 is 0. The van der Waals surface area contributed by atoms with Crippen molar-refractivity contribution < 1.29 is 4.79 Å². The maximum absolute atomic E-state index is 12.0.